The van der Waals surface area contributed by atoms with Gasteiger partial charge >= 0.3 is 0 Å². The van der Waals surface area contributed by atoms with Gasteiger partial charge in [-0.1, -0.05) is 30.3 Å². The topological polar surface area (TPSA) is 110 Å². The molecule has 0 spiro atoms. The Hall–Kier alpha value is -3.81. The first kappa shape index (κ1) is 16.6. The highest BCUT2D eigenvalue weighted by Gasteiger charge is 2.10. The number of hydrogen-bond acceptors (Lipinski definition) is 5. The highest BCUT2D eigenvalue weighted by molar-refractivity contribution is 5.84. The molecule has 8 heteroatoms. The summed E-state index contributed by atoms with van der Waals surface area (Å²) in [4.78, 5) is 40.7. The maximum Gasteiger partial charge on any atom is 0.272 e. The van der Waals surface area contributed by atoms with Crippen LogP contribution in [0.5, 0.6) is 0 Å². The monoisotopic (exact) mass is 361 g/mol. The Morgan fingerprint density at radius 1 is 1.00 bits per heavy atom. The molecule has 27 heavy (non-hydrogen) atoms. The second kappa shape index (κ2) is 6.83. The summed E-state index contributed by atoms with van der Waals surface area (Å²) >= 11 is 0. The summed E-state index contributed by atoms with van der Waals surface area (Å²) in [6.45, 7) is -0.0240. The van der Waals surface area contributed by atoms with Crippen LogP contribution in [0.3, 0.4) is 0 Å². The number of benzene rings is 2. The van der Waals surface area contributed by atoms with Crippen molar-refractivity contribution in [1.82, 2.24) is 25.1 Å². The molecule has 1 amide bonds. The van der Waals surface area contributed by atoms with Crippen molar-refractivity contribution in [3.05, 3.63) is 81.3 Å². The van der Waals surface area contributed by atoms with E-state index in [2.05, 4.69) is 20.5 Å². The first-order chi connectivity index (χ1) is 13.1. The van der Waals surface area contributed by atoms with Gasteiger partial charge in [0.15, 0.2) is 0 Å². The zero-order chi connectivity index (χ0) is 18.8. The second-order valence-electron chi connectivity index (χ2n) is 6.02. The standard InChI is InChI=1S/C19H15N5O3/c25-17(10-24-11-21-15-8-4-3-7-14(15)19(24)27)20-9-16-12-5-1-2-6-13(12)18(26)23-22-16/h1-8,11H,9-10H2,(H,20,25)(H,23,26). The van der Waals surface area contributed by atoms with E-state index in [0.29, 0.717) is 27.4 Å². The van der Waals surface area contributed by atoms with Gasteiger partial charge in [0.05, 0.1) is 34.9 Å². The molecule has 2 heterocycles. The van der Waals surface area contributed by atoms with Crippen molar-refractivity contribution in [3.63, 3.8) is 0 Å². The van der Waals surface area contributed by atoms with E-state index in [1.807, 2.05) is 0 Å². The van der Waals surface area contributed by atoms with Gasteiger partial charge in [0, 0.05) is 5.39 Å². The maximum atomic E-state index is 12.4. The summed E-state index contributed by atoms with van der Waals surface area (Å²) in [6, 6.07) is 14.0. The van der Waals surface area contributed by atoms with Gasteiger partial charge in [-0.2, -0.15) is 5.10 Å². The van der Waals surface area contributed by atoms with Crippen LogP contribution in [-0.4, -0.2) is 25.7 Å². The van der Waals surface area contributed by atoms with Crippen molar-refractivity contribution in [2.24, 2.45) is 0 Å². The Morgan fingerprint density at radius 3 is 2.52 bits per heavy atom. The van der Waals surface area contributed by atoms with E-state index in [9.17, 15) is 14.4 Å². The van der Waals surface area contributed by atoms with E-state index in [4.69, 9.17) is 0 Å². The van der Waals surface area contributed by atoms with Crippen LogP contribution >= 0.6 is 0 Å². The molecular formula is C19H15N5O3. The fourth-order valence-electron chi connectivity index (χ4n) is 2.92. The van der Waals surface area contributed by atoms with Crippen molar-refractivity contribution in [2.45, 2.75) is 13.1 Å². The van der Waals surface area contributed by atoms with Gasteiger partial charge < -0.3 is 5.32 Å². The minimum atomic E-state index is -0.355. The van der Waals surface area contributed by atoms with Crippen molar-refractivity contribution in [1.29, 1.82) is 0 Å². The number of carbonyl (C=O) groups excluding carboxylic acids is 1. The summed E-state index contributed by atoms with van der Waals surface area (Å²) in [5, 5.41) is 10.8. The van der Waals surface area contributed by atoms with Crippen LogP contribution in [0.4, 0.5) is 0 Å². The Bertz CT molecular complexity index is 1280. The number of hydrogen-bond donors (Lipinski definition) is 2. The lowest BCUT2D eigenvalue weighted by Crippen LogP contribution is -2.32. The van der Waals surface area contributed by atoms with E-state index in [-0.39, 0.29) is 30.1 Å². The van der Waals surface area contributed by atoms with Crippen LogP contribution in [0.15, 0.2) is 64.4 Å². The highest BCUT2D eigenvalue weighted by atomic mass is 16.2. The van der Waals surface area contributed by atoms with Crippen LogP contribution in [0.1, 0.15) is 5.69 Å². The smallest absolute Gasteiger partial charge is 0.272 e. The molecule has 0 radical (unpaired) electrons. The van der Waals surface area contributed by atoms with E-state index in [1.54, 1.807) is 48.5 Å². The number of para-hydroxylation sites is 1. The zero-order valence-corrected chi connectivity index (χ0v) is 14.2. The van der Waals surface area contributed by atoms with Gasteiger partial charge in [-0.05, 0) is 18.2 Å². The van der Waals surface area contributed by atoms with E-state index in [0.717, 1.165) is 0 Å². The first-order valence-electron chi connectivity index (χ1n) is 8.30. The lowest BCUT2D eigenvalue weighted by Gasteiger charge is -2.09. The molecule has 134 valence electrons. The molecule has 0 saturated carbocycles. The molecule has 4 rings (SSSR count). The number of aromatic amines is 1. The van der Waals surface area contributed by atoms with Gasteiger partial charge in [0.1, 0.15) is 6.54 Å². The third-order valence-electron chi connectivity index (χ3n) is 4.27. The SMILES string of the molecule is O=C(Cn1cnc2ccccc2c1=O)NCc1n[nH]c(=O)c2ccccc12. The Kier molecular flexibility index (Phi) is 4.21. The first-order valence-corrected chi connectivity index (χ1v) is 8.30. The lowest BCUT2D eigenvalue weighted by molar-refractivity contribution is -0.121. The summed E-state index contributed by atoms with van der Waals surface area (Å²) < 4.78 is 1.26. The summed E-state index contributed by atoms with van der Waals surface area (Å²) in [5.41, 5.74) is 0.573. The summed E-state index contributed by atoms with van der Waals surface area (Å²) in [6.07, 6.45) is 1.36. The summed E-state index contributed by atoms with van der Waals surface area (Å²) in [7, 11) is 0. The molecule has 0 bridgehead atoms. The molecule has 0 aliphatic rings. The third kappa shape index (κ3) is 3.20. The van der Waals surface area contributed by atoms with Crippen molar-refractivity contribution < 1.29 is 4.79 Å². The third-order valence-corrected chi connectivity index (χ3v) is 4.27. The Morgan fingerprint density at radius 2 is 1.70 bits per heavy atom. The molecule has 8 nitrogen and oxygen atoms in total. The number of aromatic nitrogens is 4. The van der Waals surface area contributed by atoms with Gasteiger partial charge in [-0.25, -0.2) is 10.1 Å². The second-order valence-corrected chi connectivity index (χ2v) is 6.02. The van der Waals surface area contributed by atoms with Gasteiger partial charge in [-0.15, -0.1) is 0 Å². The molecule has 0 saturated heterocycles. The van der Waals surface area contributed by atoms with Gasteiger partial charge in [0.25, 0.3) is 11.1 Å². The predicted molar refractivity (Wildman–Crippen MR) is 100 cm³/mol. The number of H-pyrrole nitrogens is 1. The average Bonchev–Trinajstić information content (AvgIpc) is 2.70. The fourth-order valence-corrected chi connectivity index (χ4v) is 2.92. The molecule has 0 atom stereocenters. The molecule has 0 fully saturated rings. The van der Waals surface area contributed by atoms with Gasteiger partial charge in [0.2, 0.25) is 5.91 Å². The minimum Gasteiger partial charge on any atom is -0.349 e. The molecule has 2 N–H and O–H groups in total. The Labute approximate surface area is 152 Å². The number of nitrogens with one attached hydrogen (secondary N) is 2. The quantitative estimate of drug-likeness (QED) is 0.562. The van der Waals surface area contributed by atoms with Gasteiger partial charge in [-0.3, -0.25) is 19.0 Å². The molecule has 0 aliphatic carbocycles. The fraction of sp³-hybridized carbons (Fsp3) is 0.105. The van der Waals surface area contributed by atoms with E-state index < -0.39 is 0 Å². The largest absolute Gasteiger partial charge is 0.349 e. The number of fused-ring (bicyclic) bond motifs is 2. The molecule has 0 aliphatic heterocycles. The van der Waals surface area contributed by atoms with Crippen LogP contribution in [0, 0.1) is 0 Å². The maximum absolute atomic E-state index is 12.4. The normalized spacial score (nSPS) is 11.0. The molecule has 2 aromatic heterocycles. The number of carbonyl (C=O) groups is 1. The number of nitrogens with zero attached hydrogens (tertiary/aromatic N) is 3. The highest BCUT2D eigenvalue weighted by Crippen LogP contribution is 2.11. The molecule has 0 unspecified atom stereocenters. The van der Waals surface area contributed by atoms with Crippen molar-refractivity contribution in [3.8, 4) is 0 Å². The minimum absolute atomic E-state index is 0.131. The Balaban J connectivity index is 1.53. The van der Waals surface area contributed by atoms with E-state index >= 15 is 0 Å². The van der Waals surface area contributed by atoms with Crippen LogP contribution in [0.25, 0.3) is 21.7 Å². The number of amides is 1. The van der Waals surface area contributed by atoms with Crippen molar-refractivity contribution >= 4 is 27.6 Å². The summed E-state index contributed by atoms with van der Waals surface area (Å²) in [5.74, 6) is -0.355. The lowest BCUT2D eigenvalue weighted by atomic mass is 10.1. The molecule has 4 aromatic rings. The van der Waals surface area contributed by atoms with E-state index in [1.165, 1.54) is 10.9 Å². The van der Waals surface area contributed by atoms with Crippen LogP contribution in [0.2, 0.25) is 0 Å². The van der Waals surface area contributed by atoms with Crippen LogP contribution in [-0.2, 0) is 17.9 Å². The predicted octanol–water partition coefficient (Wildman–Crippen LogP) is 0.949. The molecule has 2 aromatic carbocycles. The molecular weight excluding hydrogens is 346 g/mol. The van der Waals surface area contributed by atoms with Crippen LogP contribution < -0.4 is 16.4 Å². The average molecular weight is 361 g/mol. The zero-order valence-electron chi connectivity index (χ0n) is 14.2. The van der Waals surface area contributed by atoms with Crippen molar-refractivity contribution in [2.75, 3.05) is 0 Å². The number of rotatable bonds is 4.